The Balaban J connectivity index is 1.86. The minimum atomic E-state index is -0.638. The number of nitrogens with zero attached hydrogens (tertiary/aromatic N) is 1. The lowest BCUT2D eigenvalue weighted by Gasteiger charge is -2.19. The number of nitrogens with one attached hydrogen (secondary N) is 1. The number of rotatable bonds is 4. The number of halogens is 2. The van der Waals surface area contributed by atoms with Gasteiger partial charge in [-0.1, -0.05) is 48.3 Å². The molecule has 0 aromatic heterocycles. The van der Waals surface area contributed by atoms with Gasteiger partial charge in [0.1, 0.15) is 6.04 Å². The molecule has 1 fully saturated rings. The quantitative estimate of drug-likeness (QED) is 0.824. The number of anilines is 2. The van der Waals surface area contributed by atoms with E-state index in [9.17, 15) is 9.59 Å². The molecule has 3 rings (SSSR count). The molecule has 2 amide bonds. The summed E-state index contributed by atoms with van der Waals surface area (Å²) in [7, 11) is 0. The summed E-state index contributed by atoms with van der Waals surface area (Å²) in [6.07, 6.45) is 0.837. The first kappa shape index (κ1) is 16.8. The zero-order chi connectivity index (χ0) is 17.3. The largest absolute Gasteiger partial charge is 0.372 e. The van der Waals surface area contributed by atoms with Gasteiger partial charge in [-0.05, 0) is 36.2 Å². The van der Waals surface area contributed by atoms with Gasteiger partial charge in [0.25, 0.3) is 5.91 Å². The molecule has 2 aromatic carbocycles. The van der Waals surface area contributed by atoms with Crippen LogP contribution in [0.25, 0.3) is 0 Å². The van der Waals surface area contributed by atoms with Crippen LogP contribution in [0.1, 0.15) is 18.9 Å². The number of para-hydroxylation sites is 1. The van der Waals surface area contributed by atoms with E-state index < -0.39 is 6.04 Å². The molecule has 0 spiro atoms. The van der Waals surface area contributed by atoms with Gasteiger partial charge in [-0.2, -0.15) is 0 Å². The summed E-state index contributed by atoms with van der Waals surface area (Å²) >= 11 is 12.0. The molecular weight excluding hydrogens is 347 g/mol. The van der Waals surface area contributed by atoms with Crippen LogP contribution in [0, 0.1) is 0 Å². The zero-order valence-electron chi connectivity index (χ0n) is 13.1. The van der Waals surface area contributed by atoms with E-state index in [1.165, 1.54) is 4.90 Å². The van der Waals surface area contributed by atoms with Crippen LogP contribution in [-0.2, 0) is 16.0 Å². The summed E-state index contributed by atoms with van der Waals surface area (Å²) in [5.74, 6) is -0.490. The summed E-state index contributed by atoms with van der Waals surface area (Å²) in [4.78, 5) is 26.4. The Kier molecular flexibility index (Phi) is 4.78. The van der Waals surface area contributed by atoms with E-state index in [2.05, 4.69) is 5.32 Å². The maximum atomic E-state index is 12.7. The monoisotopic (exact) mass is 362 g/mol. The molecule has 0 unspecified atom stereocenters. The van der Waals surface area contributed by atoms with Gasteiger partial charge in [0.15, 0.2) is 0 Å². The Bertz CT molecular complexity index is 807. The Morgan fingerprint density at radius 3 is 2.62 bits per heavy atom. The van der Waals surface area contributed by atoms with Crippen molar-refractivity contribution in [1.82, 2.24) is 0 Å². The lowest BCUT2D eigenvalue weighted by atomic mass is 10.1. The van der Waals surface area contributed by atoms with Crippen LogP contribution < -0.4 is 10.2 Å². The smallest absolute Gasteiger partial charge is 0.256 e. The van der Waals surface area contributed by atoms with E-state index in [1.807, 2.05) is 25.1 Å². The number of imide groups is 1. The van der Waals surface area contributed by atoms with Crippen LogP contribution in [0.3, 0.4) is 0 Å². The molecule has 1 heterocycles. The Hall–Kier alpha value is -2.04. The fraction of sp³-hybridized carbons (Fsp3) is 0.222. The SMILES string of the molecule is CCc1ccccc1N1C(=O)C[C@@H](Nc2ccc(Cl)cc2Cl)C1=O. The van der Waals surface area contributed by atoms with Crippen molar-refractivity contribution in [1.29, 1.82) is 0 Å². The maximum Gasteiger partial charge on any atom is 0.256 e. The van der Waals surface area contributed by atoms with Gasteiger partial charge in [-0.3, -0.25) is 9.59 Å². The van der Waals surface area contributed by atoms with Gasteiger partial charge in [-0.15, -0.1) is 0 Å². The Morgan fingerprint density at radius 2 is 1.92 bits per heavy atom. The van der Waals surface area contributed by atoms with E-state index in [4.69, 9.17) is 23.2 Å². The van der Waals surface area contributed by atoms with Gasteiger partial charge in [0.2, 0.25) is 5.91 Å². The predicted molar refractivity (Wildman–Crippen MR) is 96.8 cm³/mol. The highest BCUT2D eigenvalue weighted by molar-refractivity contribution is 6.36. The minimum absolute atomic E-state index is 0.0931. The number of aryl methyl sites for hydroxylation is 1. The van der Waals surface area contributed by atoms with E-state index >= 15 is 0 Å². The van der Waals surface area contributed by atoms with E-state index in [0.29, 0.717) is 21.4 Å². The van der Waals surface area contributed by atoms with Crippen molar-refractivity contribution in [2.45, 2.75) is 25.8 Å². The second-order valence-electron chi connectivity index (χ2n) is 5.57. The van der Waals surface area contributed by atoms with Gasteiger partial charge >= 0.3 is 0 Å². The average molecular weight is 363 g/mol. The van der Waals surface area contributed by atoms with Crippen molar-refractivity contribution in [2.24, 2.45) is 0 Å². The van der Waals surface area contributed by atoms with Gasteiger partial charge in [0.05, 0.1) is 22.8 Å². The van der Waals surface area contributed by atoms with Crippen molar-refractivity contribution in [3.05, 3.63) is 58.1 Å². The predicted octanol–water partition coefficient (Wildman–Crippen LogP) is 4.30. The molecule has 0 saturated carbocycles. The molecule has 1 atom stereocenters. The first-order valence-electron chi connectivity index (χ1n) is 7.67. The lowest BCUT2D eigenvalue weighted by Crippen LogP contribution is -2.35. The number of benzene rings is 2. The van der Waals surface area contributed by atoms with Crippen LogP contribution in [0.4, 0.5) is 11.4 Å². The molecular formula is C18H16Cl2N2O2. The zero-order valence-corrected chi connectivity index (χ0v) is 14.6. The lowest BCUT2D eigenvalue weighted by molar-refractivity contribution is -0.121. The van der Waals surface area contributed by atoms with Gasteiger partial charge in [-0.25, -0.2) is 4.90 Å². The first-order valence-corrected chi connectivity index (χ1v) is 8.43. The Labute approximate surface area is 150 Å². The summed E-state index contributed by atoms with van der Waals surface area (Å²) in [5, 5.41) is 3.98. The van der Waals surface area contributed by atoms with Crippen molar-refractivity contribution >= 4 is 46.4 Å². The minimum Gasteiger partial charge on any atom is -0.372 e. The highest BCUT2D eigenvalue weighted by atomic mass is 35.5. The van der Waals surface area contributed by atoms with Crippen molar-refractivity contribution in [3.8, 4) is 0 Å². The Morgan fingerprint density at radius 1 is 1.17 bits per heavy atom. The van der Waals surface area contributed by atoms with E-state index in [1.54, 1.807) is 24.3 Å². The van der Waals surface area contributed by atoms with E-state index in [0.717, 1.165) is 12.0 Å². The average Bonchev–Trinajstić information content (AvgIpc) is 2.84. The summed E-state index contributed by atoms with van der Waals surface area (Å²) in [5.41, 5.74) is 2.20. The normalized spacial score (nSPS) is 17.5. The standard InChI is InChI=1S/C18H16Cl2N2O2/c1-2-11-5-3-4-6-16(11)22-17(23)10-15(18(22)24)21-14-8-7-12(19)9-13(14)20/h3-9,15,21H,2,10H2,1H3/t15-/m1/s1. The maximum absolute atomic E-state index is 12.7. The number of carbonyl (C=O) groups excluding carboxylic acids is 2. The van der Waals surface area contributed by atoms with Crippen LogP contribution >= 0.6 is 23.2 Å². The van der Waals surface area contributed by atoms with Crippen LogP contribution in [0.15, 0.2) is 42.5 Å². The summed E-state index contributed by atoms with van der Waals surface area (Å²) in [6, 6.07) is 11.8. The van der Waals surface area contributed by atoms with E-state index in [-0.39, 0.29) is 18.2 Å². The van der Waals surface area contributed by atoms with Gasteiger partial charge in [0, 0.05) is 5.02 Å². The molecule has 2 aromatic rings. The molecule has 124 valence electrons. The van der Waals surface area contributed by atoms with Crippen molar-refractivity contribution < 1.29 is 9.59 Å². The molecule has 0 radical (unpaired) electrons. The van der Waals surface area contributed by atoms with Gasteiger partial charge < -0.3 is 5.32 Å². The number of carbonyl (C=O) groups is 2. The third kappa shape index (κ3) is 3.12. The number of amides is 2. The van der Waals surface area contributed by atoms with Crippen LogP contribution in [0.5, 0.6) is 0 Å². The fourth-order valence-electron chi connectivity index (χ4n) is 2.82. The molecule has 1 aliphatic rings. The molecule has 6 heteroatoms. The highest BCUT2D eigenvalue weighted by Crippen LogP contribution is 2.31. The topological polar surface area (TPSA) is 49.4 Å². The number of hydrogen-bond donors (Lipinski definition) is 1. The molecule has 1 aliphatic heterocycles. The summed E-state index contributed by atoms with van der Waals surface area (Å²) in [6.45, 7) is 1.99. The second-order valence-corrected chi connectivity index (χ2v) is 6.42. The molecule has 0 aliphatic carbocycles. The third-order valence-corrected chi connectivity index (χ3v) is 4.57. The fourth-order valence-corrected chi connectivity index (χ4v) is 3.28. The highest BCUT2D eigenvalue weighted by Gasteiger charge is 2.40. The second kappa shape index (κ2) is 6.83. The molecule has 0 bridgehead atoms. The molecule has 1 saturated heterocycles. The van der Waals surface area contributed by atoms with Crippen molar-refractivity contribution in [3.63, 3.8) is 0 Å². The summed E-state index contributed by atoms with van der Waals surface area (Å²) < 4.78 is 0. The number of hydrogen-bond acceptors (Lipinski definition) is 3. The van der Waals surface area contributed by atoms with Crippen LogP contribution in [0.2, 0.25) is 10.0 Å². The van der Waals surface area contributed by atoms with Crippen molar-refractivity contribution in [2.75, 3.05) is 10.2 Å². The first-order chi connectivity index (χ1) is 11.5. The third-order valence-electron chi connectivity index (χ3n) is 4.02. The molecule has 4 nitrogen and oxygen atoms in total. The molecule has 24 heavy (non-hydrogen) atoms. The van der Waals surface area contributed by atoms with Crippen LogP contribution in [-0.4, -0.2) is 17.9 Å². The molecule has 1 N–H and O–H groups in total.